The molecule has 2 heteroatoms. The van der Waals surface area contributed by atoms with Crippen molar-refractivity contribution in [2.45, 2.75) is 46.0 Å². The fourth-order valence-electron chi connectivity index (χ4n) is 2.91. The molecule has 0 radical (unpaired) electrons. The Kier molecular flexibility index (Phi) is 1.67. The monoisotopic (exact) mass is 180 g/mol. The van der Waals surface area contributed by atoms with Gasteiger partial charge in [0, 0.05) is 11.8 Å². The van der Waals surface area contributed by atoms with Crippen molar-refractivity contribution in [1.29, 1.82) is 0 Å². The summed E-state index contributed by atoms with van der Waals surface area (Å²) in [5, 5.41) is 0. The summed E-state index contributed by atoms with van der Waals surface area (Å²) in [5.41, 5.74) is -0.926. The van der Waals surface area contributed by atoms with Gasteiger partial charge in [0.15, 0.2) is 5.78 Å². The lowest BCUT2D eigenvalue weighted by Crippen LogP contribution is -2.33. The van der Waals surface area contributed by atoms with Crippen LogP contribution in [0.5, 0.6) is 0 Å². The molecule has 0 N–H and O–H groups in total. The van der Waals surface area contributed by atoms with Crippen LogP contribution in [0.4, 0.5) is 0 Å². The Bertz CT molecular complexity index is 270. The maximum Gasteiger partial charge on any atom is 0.152 e. The van der Waals surface area contributed by atoms with Crippen LogP contribution in [0, 0.1) is 10.8 Å². The van der Waals surface area contributed by atoms with Crippen LogP contribution in [0.3, 0.4) is 0 Å². The summed E-state index contributed by atoms with van der Waals surface area (Å²) in [5.74, 6) is 0.419. The lowest BCUT2D eigenvalue weighted by atomic mass is 9.78. The van der Waals surface area contributed by atoms with Crippen molar-refractivity contribution in [2.75, 3.05) is 0 Å². The number of hydrogen-bond acceptors (Lipinski definition) is 2. The van der Waals surface area contributed by atoms with Crippen LogP contribution < -0.4 is 0 Å². The molecule has 0 saturated heterocycles. The number of hydrogen-bond donors (Lipinski definition) is 0. The van der Waals surface area contributed by atoms with E-state index in [-0.39, 0.29) is 17.0 Å². The van der Waals surface area contributed by atoms with Gasteiger partial charge in [-0.1, -0.05) is 26.7 Å². The van der Waals surface area contributed by atoms with Gasteiger partial charge in [0.1, 0.15) is 5.78 Å². The summed E-state index contributed by atoms with van der Waals surface area (Å²) in [4.78, 5) is 23.8. The van der Waals surface area contributed by atoms with Gasteiger partial charge in [-0.2, -0.15) is 0 Å². The molecule has 0 aromatic heterocycles. The molecule has 1 spiro atoms. The highest BCUT2D eigenvalue weighted by Crippen LogP contribution is 2.51. The first kappa shape index (κ1) is 8.92. The van der Waals surface area contributed by atoms with Gasteiger partial charge >= 0.3 is 0 Å². The third-order valence-corrected chi connectivity index (χ3v) is 3.64. The van der Waals surface area contributed by atoms with E-state index in [2.05, 4.69) is 0 Å². The zero-order chi connectivity index (χ0) is 9.69. The van der Waals surface area contributed by atoms with Gasteiger partial charge < -0.3 is 0 Å². The van der Waals surface area contributed by atoms with E-state index in [1.807, 2.05) is 13.8 Å². The van der Waals surface area contributed by atoms with E-state index in [4.69, 9.17) is 0 Å². The highest BCUT2D eigenvalue weighted by molar-refractivity contribution is 6.15. The molecule has 2 saturated carbocycles. The van der Waals surface area contributed by atoms with Crippen LogP contribution >= 0.6 is 0 Å². The lowest BCUT2D eigenvalue weighted by Gasteiger charge is -2.21. The molecule has 0 aromatic rings. The molecule has 2 fully saturated rings. The van der Waals surface area contributed by atoms with Crippen molar-refractivity contribution in [2.24, 2.45) is 10.8 Å². The molecule has 2 nitrogen and oxygen atoms in total. The zero-order valence-electron chi connectivity index (χ0n) is 8.35. The Balaban J connectivity index is 2.40. The second-order valence-corrected chi connectivity index (χ2v) is 5.10. The van der Waals surface area contributed by atoms with Gasteiger partial charge in [-0.15, -0.1) is 0 Å². The summed E-state index contributed by atoms with van der Waals surface area (Å²) in [6.45, 7) is 3.81. The number of rotatable bonds is 0. The van der Waals surface area contributed by atoms with Gasteiger partial charge in [0.05, 0.1) is 5.41 Å². The van der Waals surface area contributed by atoms with Crippen LogP contribution in [-0.2, 0) is 9.59 Å². The van der Waals surface area contributed by atoms with Gasteiger partial charge in [0.2, 0.25) is 0 Å². The van der Waals surface area contributed by atoms with E-state index in [0.717, 1.165) is 25.7 Å². The molecule has 2 aliphatic rings. The van der Waals surface area contributed by atoms with Crippen molar-refractivity contribution in [3.63, 3.8) is 0 Å². The highest BCUT2D eigenvalue weighted by atomic mass is 16.2. The van der Waals surface area contributed by atoms with E-state index in [9.17, 15) is 9.59 Å². The number of ketones is 2. The summed E-state index contributed by atoms with van der Waals surface area (Å²) >= 11 is 0. The van der Waals surface area contributed by atoms with E-state index in [0.29, 0.717) is 6.42 Å². The largest absolute Gasteiger partial charge is 0.299 e. The van der Waals surface area contributed by atoms with Crippen LogP contribution in [-0.4, -0.2) is 11.6 Å². The summed E-state index contributed by atoms with van der Waals surface area (Å²) < 4.78 is 0. The minimum Gasteiger partial charge on any atom is -0.299 e. The Labute approximate surface area is 78.7 Å². The van der Waals surface area contributed by atoms with Crippen molar-refractivity contribution < 1.29 is 9.59 Å². The van der Waals surface area contributed by atoms with Crippen molar-refractivity contribution in [1.82, 2.24) is 0 Å². The number of carbonyl (C=O) groups is 2. The molecular weight excluding hydrogens is 164 g/mol. The SMILES string of the molecule is CC1(C)CC(=O)C2(CCCC2)C1=O. The first-order chi connectivity index (χ1) is 5.99. The Hall–Kier alpha value is -0.660. The predicted octanol–water partition coefficient (Wildman–Crippen LogP) is 2.11. The molecule has 0 aromatic carbocycles. The van der Waals surface area contributed by atoms with Gasteiger partial charge in [-0.3, -0.25) is 9.59 Å². The minimum absolute atomic E-state index is 0.208. The van der Waals surface area contributed by atoms with Crippen molar-refractivity contribution in [3.8, 4) is 0 Å². The molecule has 13 heavy (non-hydrogen) atoms. The standard InChI is InChI=1S/C11H16O2/c1-10(2)7-8(12)11(9(10)13)5-3-4-6-11/h3-7H2,1-2H3. The topological polar surface area (TPSA) is 34.1 Å². The fraction of sp³-hybridized carbons (Fsp3) is 0.818. The normalized spacial score (nSPS) is 30.3. The Morgan fingerprint density at radius 2 is 1.62 bits per heavy atom. The van der Waals surface area contributed by atoms with Crippen LogP contribution in [0.25, 0.3) is 0 Å². The second kappa shape index (κ2) is 2.43. The van der Waals surface area contributed by atoms with Crippen LogP contribution in [0.1, 0.15) is 46.0 Å². The predicted molar refractivity (Wildman–Crippen MR) is 49.3 cm³/mol. The van der Waals surface area contributed by atoms with Gasteiger partial charge in [0.25, 0.3) is 0 Å². The maximum absolute atomic E-state index is 12.0. The molecule has 0 heterocycles. The minimum atomic E-state index is -0.538. The van der Waals surface area contributed by atoms with Crippen LogP contribution in [0.15, 0.2) is 0 Å². The second-order valence-electron chi connectivity index (χ2n) is 5.10. The highest BCUT2D eigenvalue weighted by Gasteiger charge is 2.58. The van der Waals surface area contributed by atoms with E-state index >= 15 is 0 Å². The Morgan fingerprint density at radius 3 is 2.00 bits per heavy atom. The van der Waals surface area contributed by atoms with Gasteiger partial charge in [-0.05, 0) is 12.8 Å². The molecule has 0 amide bonds. The first-order valence-electron chi connectivity index (χ1n) is 5.07. The van der Waals surface area contributed by atoms with Crippen molar-refractivity contribution >= 4 is 11.6 Å². The molecule has 0 atom stereocenters. The van der Waals surface area contributed by atoms with E-state index in [1.165, 1.54) is 0 Å². The lowest BCUT2D eigenvalue weighted by molar-refractivity contribution is -0.136. The molecule has 72 valence electrons. The Morgan fingerprint density at radius 1 is 1.08 bits per heavy atom. The third kappa shape index (κ3) is 1.01. The summed E-state index contributed by atoms with van der Waals surface area (Å²) in [6.07, 6.45) is 4.19. The first-order valence-corrected chi connectivity index (χ1v) is 5.07. The van der Waals surface area contributed by atoms with Crippen molar-refractivity contribution in [3.05, 3.63) is 0 Å². The van der Waals surface area contributed by atoms with Crippen LogP contribution in [0.2, 0.25) is 0 Å². The molecule has 2 aliphatic carbocycles. The van der Waals surface area contributed by atoms with E-state index < -0.39 is 5.41 Å². The smallest absolute Gasteiger partial charge is 0.152 e. The maximum atomic E-state index is 12.0. The average Bonchev–Trinajstić information content (AvgIpc) is 2.55. The van der Waals surface area contributed by atoms with E-state index in [1.54, 1.807) is 0 Å². The molecule has 2 rings (SSSR count). The molecule has 0 bridgehead atoms. The summed E-state index contributed by atoms with van der Waals surface area (Å²) in [6, 6.07) is 0. The molecular formula is C11H16O2. The quantitative estimate of drug-likeness (QED) is 0.535. The molecule has 0 aliphatic heterocycles. The third-order valence-electron chi connectivity index (χ3n) is 3.64. The fourth-order valence-corrected chi connectivity index (χ4v) is 2.91. The van der Waals surface area contributed by atoms with Gasteiger partial charge in [-0.25, -0.2) is 0 Å². The average molecular weight is 180 g/mol. The number of Topliss-reactive ketones (excluding diaryl/α,β-unsaturated/α-hetero) is 2. The number of carbonyl (C=O) groups excluding carboxylic acids is 2. The zero-order valence-corrected chi connectivity index (χ0v) is 8.35. The molecule has 0 unspecified atom stereocenters. The summed E-state index contributed by atoms with van der Waals surface area (Å²) in [7, 11) is 0.